The van der Waals surface area contributed by atoms with Gasteiger partial charge in [-0.15, -0.1) is 0 Å². The molecule has 5 heteroatoms. The summed E-state index contributed by atoms with van der Waals surface area (Å²) in [5.74, 6) is 0. The van der Waals surface area contributed by atoms with Crippen molar-refractivity contribution in [1.29, 1.82) is 0 Å². The number of benzene rings is 2. The number of fused-ring (bicyclic) bond motifs is 1. The lowest BCUT2D eigenvalue weighted by molar-refractivity contribution is 0.273. The fourth-order valence-electron chi connectivity index (χ4n) is 2.06. The predicted molar refractivity (Wildman–Crippen MR) is 82.4 cm³/mol. The Hall–Kier alpha value is -1.49. The molecule has 0 bridgehead atoms. The number of para-hydroxylation sites is 2. The molecule has 3 rings (SSSR count). The molecule has 0 saturated carbocycles. The first-order valence-electron chi connectivity index (χ1n) is 6.27. The van der Waals surface area contributed by atoms with E-state index >= 15 is 0 Å². The van der Waals surface area contributed by atoms with E-state index in [0.29, 0.717) is 6.54 Å². The van der Waals surface area contributed by atoms with E-state index in [0.717, 1.165) is 26.1 Å². The topological polar surface area (TPSA) is 38.0 Å². The van der Waals surface area contributed by atoms with Crippen molar-refractivity contribution in [3.8, 4) is 0 Å². The molecular weight excluding hydrogens is 292 g/mol. The minimum Gasteiger partial charge on any atom is -0.395 e. The van der Waals surface area contributed by atoms with Crippen LogP contribution in [-0.2, 0) is 6.54 Å². The smallest absolute Gasteiger partial charge is 0.174 e. The highest BCUT2D eigenvalue weighted by atomic mass is 35.5. The van der Waals surface area contributed by atoms with Gasteiger partial charge in [-0.2, -0.15) is 0 Å². The van der Waals surface area contributed by atoms with Gasteiger partial charge in [0.1, 0.15) is 0 Å². The second-order valence-electron chi connectivity index (χ2n) is 4.31. The first kappa shape index (κ1) is 13.5. The van der Waals surface area contributed by atoms with Crippen molar-refractivity contribution >= 4 is 34.4 Å². The molecule has 0 unspecified atom stereocenters. The number of imidazole rings is 1. The average molecular weight is 305 g/mol. The van der Waals surface area contributed by atoms with Crippen LogP contribution in [0.3, 0.4) is 0 Å². The summed E-state index contributed by atoms with van der Waals surface area (Å²) in [6.45, 7) is 0.630. The zero-order valence-electron chi connectivity index (χ0n) is 10.7. The molecule has 3 aromatic rings. The van der Waals surface area contributed by atoms with E-state index in [1.54, 1.807) is 11.8 Å². The fraction of sp³-hybridized carbons (Fsp3) is 0.133. The Balaban J connectivity index is 2.01. The number of hydrogen-bond donors (Lipinski definition) is 1. The number of rotatable bonds is 4. The summed E-state index contributed by atoms with van der Waals surface area (Å²) in [7, 11) is 0. The predicted octanol–water partition coefficient (Wildman–Crippen LogP) is 3.83. The highest BCUT2D eigenvalue weighted by molar-refractivity contribution is 7.99. The summed E-state index contributed by atoms with van der Waals surface area (Å²) < 4.78 is 2.04. The Labute approximate surface area is 126 Å². The molecule has 1 heterocycles. The molecule has 0 aliphatic rings. The second kappa shape index (κ2) is 5.87. The maximum absolute atomic E-state index is 9.25. The summed E-state index contributed by atoms with van der Waals surface area (Å²) in [4.78, 5) is 5.70. The average Bonchev–Trinajstić information content (AvgIpc) is 2.80. The van der Waals surface area contributed by atoms with Crippen molar-refractivity contribution in [3.05, 3.63) is 53.6 Å². The van der Waals surface area contributed by atoms with Gasteiger partial charge in [0.25, 0.3) is 0 Å². The van der Waals surface area contributed by atoms with Gasteiger partial charge in [-0.3, -0.25) is 0 Å². The molecule has 3 nitrogen and oxygen atoms in total. The van der Waals surface area contributed by atoms with Gasteiger partial charge in [-0.25, -0.2) is 4.98 Å². The molecule has 0 amide bonds. The van der Waals surface area contributed by atoms with Crippen molar-refractivity contribution in [2.24, 2.45) is 0 Å². The molecule has 2 aromatic carbocycles. The first-order chi connectivity index (χ1) is 9.78. The van der Waals surface area contributed by atoms with Crippen LogP contribution in [0, 0.1) is 0 Å². The summed E-state index contributed by atoms with van der Waals surface area (Å²) in [5, 5.41) is 10.8. The van der Waals surface area contributed by atoms with E-state index in [-0.39, 0.29) is 6.61 Å². The van der Waals surface area contributed by atoms with E-state index in [4.69, 9.17) is 11.6 Å². The van der Waals surface area contributed by atoms with Gasteiger partial charge in [0, 0.05) is 16.5 Å². The van der Waals surface area contributed by atoms with Crippen molar-refractivity contribution in [3.63, 3.8) is 0 Å². The second-order valence-corrected chi connectivity index (χ2v) is 5.79. The summed E-state index contributed by atoms with van der Waals surface area (Å²) >= 11 is 7.47. The number of halogens is 1. The van der Waals surface area contributed by atoms with Crippen LogP contribution in [-0.4, -0.2) is 21.3 Å². The minimum absolute atomic E-state index is 0.0918. The van der Waals surface area contributed by atoms with Gasteiger partial charge < -0.3 is 9.67 Å². The molecule has 0 aliphatic heterocycles. The van der Waals surface area contributed by atoms with Gasteiger partial charge in [-0.05, 0) is 36.4 Å². The standard InChI is InChI=1S/C15H13ClN2OS/c16-11-5-7-12(8-6-11)20-15-17-13-3-1-2-4-14(13)18(15)9-10-19/h1-8,19H,9-10H2. The first-order valence-corrected chi connectivity index (χ1v) is 7.47. The minimum atomic E-state index is 0.0918. The van der Waals surface area contributed by atoms with E-state index in [1.165, 1.54) is 0 Å². The lowest BCUT2D eigenvalue weighted by Crippen LogP contribution is -2.03. The van der Waals surface area contributed by atoms with Gasteiger partial charge in [0.05, 0.1) is 17.6 Å². The number of aliphatic hydroxyl groups is 1. The SMILES string of the molecule is OCCn1c(Sc2ccc(Cl)cc2)nc2ccccc21. The van der Waals surface area contributed by atoms with Crippen LogP contribution < -0.4 is 0 Å². The van der Waals surface area contributed by atoms with Crippen molar-refractivity contribution in [2.75, 3.05) is 6.61 Å². The van der Waals surface area contributed by atoms with E-state index in [2.05, 4.69) is 4.98 Å². The number of aromatic nitrogens is 2. The summed E-state index contributed by atoms with van der Waals surface area (Å²) in [6.07, 6.45) is 0. The molecule has 0 radical (unpaired) electrons. The van der Waals surface area contributed by atoms with Crippen LogP contribution in [0.4, 0.5) is 0 Å². The summed E-state index contributed by atoms with van der Waals surface area (Å²) in [5.41, 5.74) is 1.98. The van der Waals surface area contributed by atoms with Gasteiger partial charge in [-0.1, -0.05) is 35.5 Å². The third-order valence-electron chi connectivity index (χ3n) is 2.97. The third-order valence-corrected chi connectivity index (χ3v) is 4.22. The van der Waals surface area contributed by atoms with Crippen molar-refractivity contribution < 1.29 is 5.11 Å². The lowest BCUT2D eigenvalue weighted by Gasteiger charge is -2.06. The van der Waals surface area contributed by atoms with Crippen LogP contribution in [0.1, 0.15) is 0 Å². The van der Waals surface area contributed by atoms with Gasteiger partial charge >= 0.3 is 0 Å². The van der Waals surface area contributed by atoms with Crippen molar-refractivity contribution in [2.45, 2.75) is 16.6 Å². The largest absolute Gasteiger partial charge is 0.395 e. The summed E-state index contributed by atoms with van der Waals surface area (Å²) in [6, 6.07) is 15.6. The molecule has 1 aromatic heterocycles. The maximum atomic E-state index is 9.25. The molecule has 0 fully saturated rings. The van der Waals surface area contributed by atoms with E-state index in [9.17, 15) is 5.11 Å². The number of hydrogen-bond acceptors (Lipinski definition) is 3. The molecule has 0 saturated heterocycles. The molecule has 1 N–H and O–H groups in total. The van der Waals surface area contributed by atoms with E-state index < -0.39 is 0 Å². The van der Waals surface area contributed by atoms with Crippen LogP contribution in [0.25, 0.3) is 11.0 Å². The fourth-order valence-corrected chi connectivity index (χ4v) is 3.11. The van der Waals surface area contributed by atoms with Crippen LogP contribution >= 0.6 is 23.4 Å². The van der Waals surface area contributed by atoms with Gasteiger partial charge in [0.15, 0.2) is 5.16 Å². The molecule has 0 aliphatic carbocycles. The molecule has 102 valence electrons. The van der Waals surface area contributed by atoms with Crippen LogP contribution in [0.15, 0.2) is 58.6 Å². The highest BCUT2D eigenvalue weighted by Crippen LogP contribution is 2.30. The Morgan fingerprint density at radius 3 is 2.60 bits per heavy atom. The number of aliphatic hydroxyl groups excluding tert-OH is 1. The maximum Gasteiger partial charge on any atom is 0.174 e. The van der Waals surface area contributed by atoms with E-state index in [1.807, 2.05) is 53.1 Å². The van der Waals surface area contributed by atoms with Crippen molar-refractivity contribution in [1.82, 2.24) is 9.55 Å². The molecule has 0 atom stereocenters. The lowest BCUT2D eigenvalue weighted by atomic mass is 10.3. The van der Waals surface area contributed by atoms with Gasteiger partial charge in [0.2, 0.25) is 0 Å². The monoisotopic (exact) mass is 304 g/mol. The highest BCUT2D eigenvalue weighted by Gasteiger charge is 2.11. The molecular formula is C15H13ClN2OS. The zero-order chi connectivity index (χ0) is 13.9. The Morgan fingerprint density at radius 1 is 1.10 bits per heavy atom. The molecule has 20 heavy (non-hydrogen) atoms. The Bertz CT molecular complexity index is 724. The van der Waals surface area contributed by atoms with Crippen LogP contribution in [0.2, 0.25) is 5.02 Å². The quantitative estimate of drug-likeness (QED) is 0.796. The Morgan fingerprint density at radius 2 is 1.85 bits per heavy atom. The van der Waals surface area contributed by atoms with Crippen LogP contribution in [0.5, 0.6) is 0 Å². The Kier molecular flexibility index (Phi) is 3.96. The zero-order valence-corrected chi connectivity index (χ0v) is 12.2. The normalized spacial score (nSPS) is 11.1. The third kappa shape index (κ3) is 2.68. The molecule has 0 spiro atoms. The number of nitrogens with zero attached hydrogens (tertiary/aromatic N) is 2.